The van der Waals surface area contributed by atoms with Crippen LogP contribution in [-0.2, 0) is 6.54 Å². The van der Waals surface area contributed by atoms with Crippen LogP contribution in [0.1, 0.15) is 16.1 Å². The predicted molar refractivity (Wildman–Crippen MR) is 77.1 cm³/mol. The van der Waals surface area contributed by atoms with Gasteiger partial charge in [-0.05, 0) is 28.1 Å². The third-order valence-electron chi connectivity index (χ3n) is 2.59. The Balaban J connectivity index is 2.22. The fourth-order valence-corrected chi connectivity index (χ4v) is 2.09. The van der Waals surface area contributed by atoms with Crippen LogP contribution in [0.3, 0.4) is 0 Å². The van der Waals surface area contributed by atoms with Gasteiger partial charge in [-0.2, -0.15) is 0 Å². The van der Waals surface area contributed by atoms with Crippen LogP contribution in [0.25, 0.3) is 0 Å². The monoisotopic (exact) mass is 352 g/mol. The summed E-state index contributed by atoms with van der Waals surface area (Å²) in [6.45, 7) is 0.143. The maximum Gasteiger partial charge on any atom is 0.335 e. The second-order valence-electron chi connectivity index (χ2n) is 3.97. The summed E-state index contributed by atoms with van der Waals surface area (Å²) in [7, 11) is 0. The molecule has 0 saturated heterocycles. The third-order valence-corrected chi connectivity index (χ3v) is 3.19. The molecule has 0 amide bonds. The molecule has 0 aliphatic carbocycles. The van der Waals surface area contributed by atoms with Crippen molar-refractivity contribution in [3.63, 3.8) is 0 Å². The lowest BCUT2D eigenvalue weighted by Crippen LogP contribution is -2.07. The minimum Gasteiger partial charge on any atom is -0.478 e. The zero-order valence-corrected chi connectivity index (χ0v) is 12.1. The molecule has 0 aliphatic rings. The van der Waals surface area contributed by atoms with Crippen LogP contribution in [0.2, 0.25) is 0 Å². The van der Waals surface area contributed by atoms with Crippen molar-refractivity contribution in [3.05, 3.63) is 56.6 Å². The number of aromatic carboxylic acids is 1. The van der Waals surface area contributed by atoms with Crippen molar-refractivity contribution in [1.82, 2.24) is 9.97 Å². The molecule has 0 atom stereocenters. The number of halogens is 1. The molecule has 8 nitrogen and oxygen atoms in total. The van der Waals surface area contributed by atoms with Crippen LogP contribution in [-0.4, -0.2) is 26.0 Å². The molecule has 21 heavy (non-hydrogen) atoms. The molecule has 2 rings (SSSR count). The molecule has 0 bridgehead atoms. The van der Waals surface area contributed by atoms with E-state index in [0.29, 0.717) is 10.2 Å². The molecular weight excluding hydrogens is 344 g/mol. The topological polar surface area (TPSA) is 118 Å². The second kappa shape index (κ2) is 6.27. The summed E-state index contributed by atoms with van der Waals surface area (Å²) in [6.07, 6.45) is 3.93. The number of nitrogens with zero attached hydrogens (tertiary/aromatic N) is 3. The molecule has 0 aromatic carbocycles. The van der Waals surface area contributed by atoms with Gasteiger partial charge in [0.05, 0.1) is 27.2 Å². The van der Waals surface area contributed by atoms with Gasteiger partial charge in [0.1, 0.15) is 11.9 Å². The summed E-state index contributed by atoms with van der Waals surface area (Å²) < 4.78 is 0.436. The molecule has 0 radical (unpaired) electrons. The molecular formula is C12H9BrN4O4. The van der Waals surface area contributed by atoms with Crippen molar-refractivity contribution >= 4 is 33.3 Å². The van der Waals surface area contributed by atoms with Gasteiger partial charge in [0.2, 0.25) is 0 Å². The van der Waals surface area contributed by atoms with Gasteiger partial charge in [0.15, 0.2) is 0 Å². The van der Waals surface area contributed by atoms with Gasteiger partial charge in [0.25, 0.3) is 0 Å². The summed E-state index contributed by atoms with van der Waals surface area (Å²) in [5.41, 5.74) is 0.634. The van der Waals surface area contributed by atoms with Crippen LogP contribution in [0.15, 0.2) is 35.2 Å². The van der Waals surface area contributed by atoms with Gasteiger partial charge in [-0.15, -0.1) is 0 Å². The van der Waals surface area contributed by atoms with Crippen LogP contribution in [0.5, 0.6) is 0 Å². The lowest BCUT2D eigenvalue weighted by molar-refractivity contribution is -0.384. The quantitative estimate of drug-likeness (QED) is 0.626. The summed E-state index contributed by atoms with van der Waals surface area (Å²) in [5, 5.41) is 22.7. The molecule has 0 saturated carbocycles. The van der Waals surface area contributed by atoms with Gasteiger partial charge in [-0.1, -0.05) is 0 Å². The van der Waals surface area contributed by atoms with E-state index < -0.39 is 10.9 Å². The van der Waals surface area contributed by atoms with Crippen molar-refractivity contribution in [1.29, 1.82) is 0 Å². The first-order valence-corrected chi connectivity index (χ1v) is 6.48. The number of nitro groups is 1. The molecule has 0 spiro atoms. The van der Waals surface area contributed by atoms with Gasteiger partial charge in [-0.25, -0.2) is 4.79 Å². The van der Waals surface area contributed by atoms with E-state index in [1.54, 1.807) is 0 Å². The molecule has 2 heterocycles. The van der Waals surface area contributed by atoms with E-state index in [9.17, 15) is 14.9 Å². The summed E-state index contributed by atoms with van der Waals surface area (Å²) in [5.74, 6) is -1.06. The van der Waals surface area contributed by atoms with Crippen molar-refractivity contribution in [2.45, 2.75) is 6.54 Å². The first kappa shape index (κ1) is 14.9. The highest BCUT2D eigenvalue weighted by atomic mass is 79.9. The molecule has 0 aliphatic heterocycles. The number of carboxylic acid groups (broad SMARTS) is 1. The highest BCUT2D eigenvalue weighted by Gasteiger charge is 2.17. The lowest BCUT2D eigenvalue weighted by atomic mass is 10.2. The Labute approximate surface area is 127 Å². The summed E-state index contributed by atoms with van der Waals surface area (Å²) in [4.78, 5) is 29.0. The molecule has 2 aromatic rings. The largest absolute Gasteiger partial charge is 0.478 e. The standard InChI is InChI=1S/C12H9BrN4O4/c13-9-5-14-6-10(17(20)21)11(9)16-4-8-3-7(12(18)19)1-2-15-8/h1-3,5-6H,4H2,(H,14,16)(H,18,19). The van der Waals surface area contributed by atoms with E-state index >= 15 is 0 Å². The molecule has 108 valence electrons. The number of carboxylic acids is 1. The zero-order chi connectivity index (χ0) is 15.4. The van der Waals surface area contributed by atoms with E-state index in [4.69, 9.17) is 5.11 Å². The Bertz CT molecular complexity index is 707. The number of aromatic nitrogens is 2. The minimum atomic E-state index is -1.06. The number of rotatable bonds is 5. The Morgan fingerprint density at radius 1 is 1.48 bits per heavy atom. The molecule has 2 aromatic heterocycles. The number of pyridine rings is 2. The Kier molecular flexibility index (Phi) is 4.43. The minimum absolute atomic E-state index is 0.102. The average molecular weight is 353 g/mol. The number of anilines is 1. The third kappa shape index (κ3) is 3.51. The van der Waals surface area contributed by atoms with Crippen LogP contribution in [0.4, 0.5) is 11.4 Å². The van der Waals surface area contributed by atoms with E-state index in [2.05, 4.69) is 31.2 Å². The highest BCUT2D eigenvalue weighted by Crippen LogP contribution is 2.31. The normalized spacial score (nSPS) is 10.1. The fraction of sp³-hybridized carbons (Fsp3) is 0.0833. The predicted octanol–water partition coefficient (Wildman–Crippen LogP) is 2.46. The molecule has 0 fully saturated rings. The lowest BCUT2D eigenvalue weighted by Gasteiger charge is -2.08. The first-order chi connectivity index (χ1) is 9.99. The molecule has 9 heteroatoms. The van der Waals surface area contributed by atoms with Crippen molar-refractivity contribution < 1.29 is 14.8 Å². The number of carbonyl (C=O) groups is 1. The van der Waals surface area contributed by atoms with Gasteiger partial charge < -0.3 is 10.4 Å². The Hall–Kier alpha value is -2.55. The SMILES string of the molecule is O=C(O)c1ccnc(CNc2c(Br)cncc2[N+](=O)[O-])c1. The number of nitrogens with one attached hydrogen (secondary N) is 1. The van der Waals surface area contributed by atoms with Gasteiger partial charge in [0, 0.05) is 12.4 Å². The Morgan fingerprint density at radius 2 is 2.24 bits per heavy atom. The average Bonchev–Trinajstić information content (AvgIpc) is 2.46. The van der Waals surface area contributed by atoms with Crippen molar-refractivity contribution in [2.75, 3.05) is 5.32 Å². The summed E-state index contributed by atoms with van der Waals surface area (Å²) >= 11 is 3.18. The van der Waals surface area contributed by atoms with Crippen molar-refractivity contribution in [3.8, 4) is 0 Å². The van der Waals surface area contributed by atoms with Gasteiger partial charge in [-0.3, -0.25) is 20.1 Å². The van der Waals surface area contributed by atoms with Crippen molar-refractivity contribution in [2.24, 2.45) is 0 Å². The van der Waals surface area contributed by atoms with Crippen LogP contribution >= 0.6 is 15.9 Å². The van der Waals surface area contributed by atoms with E-state index in [1.807, 2.05) is 0 Å². The maximum absolute atomic E-state index is 10.9. The van der Waals surface area contributed by atoms with E-state index in [-0.39, 0.29) is 23.5 Å². The van der Waals surface area contributed by atoms with Crippen LogP contribution in [0, 0.1) is 10.1 Å². The van der Waals surface area contributed by atoms with E-state index in [1.165, 1.54) is 24.5 Å². The highest BCUT2D eigenvalue weighted by molar-refractivity contribution is 9.10. The summed E-state index contributed by atoms with van der Waals surface area (Å²) in [6, 6.07) is 2.77. The number of hydrogen-bond donors (Lipinski definition) is 2. The fourth-order valence-electron chi connectivity index (χ4n) is 1.63. The van der Waals surface area contributed by atoms with E-state index in [0.717, 1.165) is 6.20 Å². The molecule has 0 unspecified atom stereocenters. The Morgan fingerprint density at radius 3 is 2.90 bits per heavy atom. The maximum atomic E-state index is 10.9. The first-order valence-electron chi connectivity index (χ1n) is 5.69. The smallest absolute Gasteiger partial charge is 0.335 e. The second-order valence-corrected chi connectivity index (χ2v) is 4.82. The van der Waals surface area contributed by atoms with Crippen LogP contribution < -0.4 is 5.32 Å². The molecule has 2 N–H and O–H groups in total. The zero-order valence-electron chi connectivity index (χ0n) is 10.5. The van der Waals surface area contributed by atoms with Gasteiger partial charge >= 0.3 is 11.7 Å². The number of hydrogen-bond acceptors (Lipinski definition) is 6.